The smallest absolute Gasteiger partial charge is 0.246 e. The van der Waals surface area contributed by atoms with Crippen LogP contribution >= 0.6 is 0 Å². The molecule has 0 bridgehead atoms. The molecular weight excluding hydrogens is 404 g/mol. The molecule has 0 saturated carbocycles. The van der Waals surface area contributed by atoms with Crippen molar-refractivity contribution in [2.45, 2.75) is 51.5 Å². The second-order valence-electron chi connectivity index (χ2n) is 8.52. The number of aryl methyl sites for hydroxylation is 1. The van der Waals surface area contributed by atoms with Crippen LogP contribution < -0.4 is 5.32 Å². The minimum absolute atomic E-state index is 0.0657. The molecule has 8 nitrogen and oxygen atoms in total. The molecule has 1 aliphatic rings. The maximum atomic E-state index is 13.1. The lowest BCUT2D eigenvalue weighted by Gasteiger charge is -2.26. The summed E-state index contributed by atoms with van der Waals surface area (Å²) in [5.41, 5.74) is 2.50. The summed E-state index contributed by atoms with van der Waals surface area (Å²) in [6.45, 7) is 10.9. The van der Waals surface area contributed by atoms with Gasteiger partial charge in [-0.3, -0.25) is 9.48 Å². The van der Waals surface area contributed by atoms with E-state index in [-0.39, 0.29) is 22.8 Å². The molecule has 0 spiro atoms. The first-order chi connectivity index (χ1) is 14.0. The molecule has 1 aliphatic heterocycles. The number of aromatic nitrogens is 2. The van der Waals surface area contributed by atoms with Crippen LogP contribution in [-0.2, 0) is 31.5 Å². The zero-order valence-corrected chi connectivity index (χ0v) is 19.0. The first-order valence-corrected chi connectivity index (χ1v) is 11.5. The number of para-hydroxylation sites is 1. The van der Waals surface area contributed by atoms with E-state index in [2.05, 4.69) is 31.2 Å². The molecule has 1 N–H and O–H groups in total. The molecule has 1 fully saturated rings. The fourth-order valence-corrected chi connectivity index (χ4v) is 5.48. The zero-order chi connectivity index (χ0) is 22.1. The second-order valence-corrected chi connectivity index (χ2v) is 10.4. The van der Waals surface area contributed by atoms with Crippen molar-refractivity contribution >= 4 is 21.6 Å². The summed E-state index contributed by atoms with van der Waals surface area (Å²) in [7, 11) is -3.69. The van der Waals surface area contributed by atoms with Gasteiger partial charge >= 0.3 is 0 Å². The largest absolute Gasteiger partial charge is 0.379 e. The molecule has 30 heavy (non-hydrogen) atoms. The highest BCUT2D eigenvalue weighted by atomic mass is 32.2. The third kappa shape index (κ3) is 4.58. The summed E-state index contributed by atoms with van der Waals surface area (Å²) < 4.78 is 34.3. The van der Waals surface area contributed by atoms with Crippen molar-refractivity contribution in [3.05, 3.63) is 41.2 Å². The van der Waals surface area contributed by atoms with Crippen molar-refractivity contribution in [3.8, 4) is 0 Å². The minimum atomic E-state index is -3.69. The van der Waals surface area contributed by atoms with Crippen LogP contribution in [0.4, 0.5) is 5.69 Å². The third-order valence-electron chi connectivity index (χ3n) is 5.19. The van der Waals surface area contributed by atoms with E-state index in [1.165, 1.54) is 8.99 Å². The summed E-state index contributed by atoms with van der Waals surface area (Å²) in [4.78, 5) is 12.9. The van der Waals surface area contributed by atoms with Gasteiger partial charge in [-0.2, -0.15) is 9.40 Å². The number of carbonyl (C=O) groups is 1. The molecule has 1 saturated heterocycles. The van der Waals surface area contributed by atoms with E-state index in [0.29, 0.717) is 37.7 Å². The number of nitrogens with zero attached hydrogens (tertiary/aromatic N) is 3. The highest BCUT2D eigenvalue weighted by Gasteiger charge is 2.32. The highest BCUT2D eigenvalue weighted by Crippen LogP contribution is 2.29. The zero-order valence-electron chi connectivity index (χ0n) is 18.2. The number of amides is 1. The highest BCUT2D eigenvalue weighted by molar-refractivity contribution is 7.89. The SMILES string of the molecule is Cc1nn(CC(=O)Nc2ccccc2C(C)(C)C)c(C)c1S(=O)(=O)N1CCOCC1. The lowest BCUT2D eigenvalue weighted by molar-refractivity contribution is -0.116. The Bertz CT molecular complexity index is 1030. The number of carbonyl (C=O) groups excluding carboxylic acids is 1. The molecule has 2 heterocycles. The van der Waals surface area contributed by atoms with Gasteiger partial charge in [0.25, 0.3) is 0 Å². The Balaban J connectivity index is 1.82. The van der Waals surface area contributed by atoms with Gasteiger partial charge < -0.3 is 10.1 Å². The number of ether oxygens (including phenoxy) is 1. The van der Waals surface area contributed by atoms with Crippen LogP contribution in [0.15, 0.2) is 29.2 Å². The molecule has 0 radical (unpaired) electrons. The van der Waals surface area contributed by atoms with Gasteiger partial charge in [-0.1, -0.05) is 39.0 Å². The Kier molecular flexibility index (Phi) is 6.35. The second kappa shape index (κ2) is 8.49. The number of anilines is 1. The van der Waals surface area contributed by atoms with E-state index < -0.39 is 10.0 Å². The molecule has 9 heteroatoms. The van der Waals surface area contributed by atoms with Crippen LogP contribution in [0.1, 0.15) is 37.7 Å². The summed E-state index contributed by atoms with van der Waals surface area (Å²) in [5.74, 6) is -0.257. The van der Waals surface area contributed by atoms with Crippen LogP contribution in [0.5, 0.6) is 0 Å². The number of hydrogen-bond donors (Lipinski definition) is 1. The van der Waals surface area contributed by atoms with Crippen molar-refractivity contribution in [3.63, 3.8) is 0 Å². The first kappa shape index (κ1) is 22.5. The van der Waals surface area contributed by atoms with Gasteiger partial charge in [0.05, 0.1) is 24.6 Å². The Hall–Kier alpha value is -2.23. The number of hydrogen-bond acceptors (Lipinski definition) is 5. The Morgan fingerprint density at radius 2 is 1.80 bits per heavy atom. The van der Waals surface area contributed by atoms with Crippen molar-refractivity contribution < 1.29 is 17.9 Å². The normalized spacial score (nSPS) is 15.9. The fraction of sp³-hybridized carbons (Fsp3) is 0.524. The quantitative estimate of drug-likeness (QED) is 0.780. The predicted molar refractivity (Wildman–Crippen MR) is 115 cm³/mol. The van der Waals surface area contributed by atoms with E-state index in [1.807, 2.05) is 24.3 Å². The van der Waals surface area contributed by atoms with Gasteiger partial charge in [-0.25, -0.2) is 8.42 Å². The fourth-order valence-electron chi connectivity index (χ4n) is 3.70. The topological polar surface area (TPSA) is 93.5 Å². The van der Waals surface area contributed by atoms with E-state index in [9.17, 15) is 13.2 Å². The maximum absolute atomic E-state index is 13.1. The van der Waals surface area contributed by atoms with Crippen molar-refractivity contribution in [2.75, 3.05) is 31.6 Å². The molecule has 1 aromatic carbocycles. The molecule has 0 aliphatic carbocycles. The van der Waals surface area contributed by atoms with E-state index >= 15 is 0 Å². The molecule has 2 aromatic rings. The van der Waals surface area contributed by atoms with Crippen molar-refractivity contribution in [2.24, 2.45) is 0 Å². The van der Waals surface area contributed by atoms with Gasteiger partial charge in [0.15, 0.2) is 0 Å². The number of nitrogens with one attached hydrogen (secondary N) is 1. The number of rotatable bonds is 5. The van der Waals surface area contributed by atoms with Gasteiger partial charge in [0, 0.05) is 18.8 Å². The Morgan fingerprint density at radius 1 is 1.17 bits per heavy atom. The van der Waals surface area contributed by atoms with Crippen molar-refractivity contribution in [1.29, 1.82) is 0 Å². The lowest BCUT2D eigenvalue weighted by Crippen LogP contribution is -2.41. The average molecular weight is 435 g/mol. The predicted octanol–water partition coefficient (Wildman–Crippen LogP) is 2.46. The maximum Gasteiger partial charge on any atom is 0.246 e. The lowest BCUT2D eigenvalue weighted by atomic mass is 9.86. The molecular formula is C21H30N4O4S. The minimum Gasteiger partial charge on any atom is -0.379 e. The standard InChI is InChI=1S/C21H30N4O4S/c1-15-20(30(27,28)24-10-12-29-13-11-24)16(2)25(23-15)14-19(26)22-18-9-7-6-8-17(18)21(3,4)5/h6-9H,10-14H2,1-5H3,(H,22,26). The number of benzene rings is 1. The van der Waals surface area contributed by atoms with Crippen LogP contribution in [-0.4, -0.2) is 54.7 Å². The Labute approximate surface area is 178 Å². The summed E-state index contributed by atoms with van der Waals surface area (Å²) in [6, 6.07) is 7.68. The van der Waals surface area contributed by atoms with E-state index in [1.54, 1.807) is 13.8 Å². The van der Waals surface area contributed by atoms with E-state index in [4.69, 9.17) is 4.74 Å². The van der Waals surface area contributed by atoms with Crippen LogP contribution in [0.25, 0.3) is 0 Å². The Morgan fingerprint density at radius 3 is 2.43 bits per heavy atom. The van der Waals surface area contributed by atoms with E-state index in [0.717, 1.165) is 11.3 Å². The molecule has 1 amide bonds. The molecule has 3 rings (SSSR count). The molecule has 0 unspecified atom stereocenters. The monoisotopic (exact) mass is 434 g/mol. The molecule has 164 valence electrons. The van der Waals surface area contributed by atoms with Crippen LogP contribution in [0.2, 0.25) is 0 Å². The number of morpholine rings is 1. The van der Waals surface area contributed by atoms with Gasteiger partial charge in [0.1, 0.15) is 11.4 Å². The first-order valence-electron chi connectivity index (χ1n) is 10.0. The summed E-state index contributed by atoms with van der Waals surface area (Å²) in [5, 5.41) is 7.29. The summed E-state index contributed by atoms with van der Waals surface area (Å²) in [6.07, 6.45) is 0. The number of sulfonamides is 1. The van der Waals surface area contributed by atoms with Gasteiger partial charge in [-0.15, -0.1) is 0 Å². The average Bonchev–Trinajstić information content (AvgIpc) is 2.95. The van der Waals surface area contributed by atoms with Crippen molar-refractivity contribution in [1.82, 2.24) is 14.1 Å². The van der Waals surface area contributed by atoms with Crippen LogP contribution in [0.3, 0.4) is 0 Å². The molecule has 0 atom stereocenters. The summed E-state index contributed by atoms with van der Waals surface area (Å²) >= 11 is 0. The third-order valence-corrected chi connectivity index (χ3v) is 7.34. The van der Waals surface area contributed by atoms with Gasteiger partial charge in [0.2, 0.25) is 15.9 Å². The van der Waals surface area contributed by atoms with Crippen LogP contribution in [0, 0.1) is 13.8 Å². The van der Waals surface area contributed by atoms with Gasteiger partial charge in [-0.05, 0) is 30.9 Å². The molecule has 1 aromatic heterocycles.